The number of aryl methyl sites for hydroxylation is 2. The molecular weight excluding hydrogens is 416 g/mol. The zero-order chi connectivity index (χ0) is 22.4. The number of nitrogens with zero attached hydrogens (tertiary/aromatic N) is 4. The minimum Gasteiger partial charge on any atom is -0.369 e. The Hall–Kier alpha value is -2.87. The predicted molar refractivity (Wildman–Crippen MR) is 123 cm³/mol. The van der Waals surface area contributed by atoms with Crippen LogP contribution in [0.3, 0.4) is 0 Å². The van der Waals surface area contributed by atoms with Crippen LogP contribution in [0.2, 0.25) is 5.15 Å². The first-order chi connectivity index (χ1) is 14.9. The zero-order valence-corrected chi connectivity index (χ0v) is 18.7. The summed E-state index contributed by atoms with van der Waals surface area (Å²) in [4.78, 5) is 30.3. The Morgan fingerprint density at radius 3 is 2.87 bits per heavy atom. The minimum atomic E-state index is -0.280. The number of carbonyl (C=O) groups excluding carboxylic acids is 2. The minimum absolute atomic E-state index is 0.151. The lowest BCUT2D eigenvalue weighted by molar-refractivity contribution is -0.122. The highest BCUT2D eigenvalue weighted by atomic mass is 35.5. The van der Waals surface area contributed by atoms with Crippen molar-refractivity contribution in [2.75, 3.05) is 23.3 Å². The molecule has 0 bridgehead atoms. The Balaban J connectivity index is 1.60. The molecule has 0 aromatic carbocycles. The number of primary amides is 1. The van der Waals surface area contributed by atoms with Gasteiger partial charge < -0.3 is 16.0 Å². The Bertz CT molecular complexity index is 954. The fourth-order valence-electron chi connectivity index (χ4n) is 3.62. The molecule has 0 spiro atoms. The van der Waals surface area contributed by atoms with Gasteiger partial charge in [-0.05, 0) is 44.4 Å². The quantitative estimate of drug-likeness (QED) is 0.607. The van der Waals surface area contributed by atoms with E-state index in [9.17, 15) is 9.59 Å². The van der Waals surface area contributed by atoms with Gasteiger partial charge in [0.15, 0.2) is 0 Å². The second kappa shape index (κ2) is 10.4. The molecule has 1 aliphatic rings. The molecule has 166 valence electrons. The van der Waals surface area contributed by atoms with Crippen LogP contribution in [-0.4, -0.2) is 39.7 Å². The summed E-state index contributed by atoms with van der Waals surface area (Å²) in [6.07, 6.45) is 8.49. The number of pyridine rings is 1. The fraction of sp³-hybridized carbons (Fsp3) is 0.455. The lowest BCUT2D eigenvalue weighted by Crippen LogP contribution is -2.41. The summed E-state index contributed by atoms with van der Waals surface area (Å²) in [6.45, 7) is 6.14. The average molecular weight is 445 g/mol. The van der Waals surface area contributed by atoms with Gasteiger partial charge in [0.2, 0.25) is 11.8 Å². The maximum absolute atomic E-state index is 12.3. The van der Waals surface area contributed by atoms with Crippen LogP contribution >= 0.6 is 11.6 Å². The Labute approximate surface area is 187 Å². The number of hydrogen-bond acceptors (Lipinski definition) is 5. The number of carbonyl (C=O) groups is 2. The smallest absolute Gasteiger partial charge is 0.248 e. The molecule has 0 radical (unpaired) electrons. The summed E-state index contributed by atoms with van der Waals surface area (Å²) < 4.78 is 1.77. The number of nitrogens with two attached hydrogens (primary N) is 1. The van der Waals surface area contributed by atoms with E-state index in [0.717, 1.165) is 55.8 Å². The Morgan fingerprint density at radius 2 is 2.19 bits per heavy atom. The van der Waals surface area contributed by atoms with Crippen LogP contribution < -0.4 is 16.0 Å². The van der Waals surface area contributed by atoms with Crippen molar-refractivity contribution in [3.05, 3.63) is 40.8 Å². The standard InChI is InChI=1S/C22H29ClN6O2/c1-3-4-12-29-21(23)18(15(2)27-29)8-10-20(30)26-17-7-9-19(25-13-17)28-11-5-6-16(14-28)22(24)31/h7-10,13,16H,3-6,11-12,14H2,1-2H3,(H2,24,31)(H,26,30)/b10-8+. The third kappa shape index (κ3) is 5.85. The molecule has 2 aromatic heterocycles. The van der Waals surface area contributed by atoms with Crippen molar-refractivity contribution in [1.29, 1.82) is 0 Å². The molecule has 31 heavy (non-hydrogen) atoms. The normalized spacial score (nSPS) is 16.6. The van der Waals surface area contributed by atoms with Crippen molar-refractivity contribution in [2.45, 2.75) is 46.1 Å². The summed E-state index contributed by atoms with van der Waals surface area (Å²) >= 11 is 6.40. The molecule has 1 unspecified atom stereocenters. The Morgan fingerprint density at radius 1 is 1.39 bits per heavy atom. The molecule has 8 nitrogen and oxygen atoms in total. The SMILES string of the molecule is CCCCn1nc(C)c(/C=C/C(=O)Nc2ccc(N3CCCC(C(N)=O)C3)nc2)c1Cl. The van der Waals surface area contributed by atoms with Gasteiger partial charge in [-0.2, -0.15) is 5.10 Å². The summed E-state index contributed by atoms with van der Waals surface area (Å²) in [5.41, 5.74) is 7.56. The van der Waals surface area contributed by atoms with Gasteiger partial charge >= 0.3 is 0 Å². The van der Waals surface area contributed by atoms with Gasteiger partial charge in [-0.25, -0.2) is 4.98 Å². The number of anilines is 2. The van der Waals surface area contributed by atoms with E-state index in [1.165, 1.54) is 6.08 Å². The van der Waals surface area contributed by atoms with E-state index in [-0.39, 0.29) is 17.7 Å². The number of halogens is 1. The molecule has 1 atom stereocenters. The molecule has 2 aromatic rings. The molecule has 3 heterocycles. The van der Waals surface area contributed by atoms with Crippen molar-refractivity contribution in [3.63, 3.8) is 0 Å². The van der Waals surface area contributed by atoms with Gasteiger partial charge in [-0.15, -0.1) is 0 Å². The first-order valence-electron chi connectivity index (χ1n) is 10.6. The molecule has 0 aliphatic carbocycles. The second-order valence-electron chi connectivity index (χ2n) is 7.78. The molecule has 3 N–H and O–H groups in total. The maximum atomic E-state index is 12.3. The maximum Gasteiger partial charge on any atom is 0.248 e. The zero-order valence-electron chi connectivity index (χ0n) is 18.0. The van der Waals surface area contributed by atoms with Gasteiger partial charge in [0.25, 0.3) is 0 Å². The second-order valence-corrected chi connectivity index (χ2v) is 8.14. The predicted octanol–water partition coefficient (Wildman–Crippen LogP) is 3.39. The number of rotatable bonds is 8. The number of aromatic nitrogens is 3. The van der Waals surface area contributed by atoms with E-state index < -0.39 is 0 Å². The molecule has 1 saturated heterocycles. The number of nitrogens with one attached hydrogen (secondary N) is 1. The number of piperidine rings is 1. The fourth-order valence-corrected chi connectivity index (χ4v) is 3.94. The lowest BCUT2D eigenvalue weighted by Gasteiger charge is -2.32. The van der Waals surface area contributed by atoms with Crippen molar-refractivity contribution in [2.24, 2.45) is 11.7 Å². The Kier molecular flexibility index (Phi) is 7.68. The highest BCUT2D eigenvalue weighted by molar-refractivity contribution is 6.31. The van der Waals surface area contributed by atoms with Crippen molar-refractivity contribution >= 4 is 41.0 Å². The molecule has 9 heteroatoms. The van der Waals surface area contributed by atoms with Crippen molar-refractivity contribution in [3.8, 4) is 0 Å². The van der Waals surface area contributed by atoms with E-state index in [1.54, 1.807) is 23.0 Å². The number of hydrogen-bond donors (Lipinski definition) is 2. The van der Waals surface area contributed by atoms with Gasteiger partial charge in [-0.1, -0.05) is 24.9 Å². The number of amides is 2. The van der Waals surface area contributed by atoms with Crippen molar-refractivity contribution in [1.82, 2.24) is 14.8 Å². The molecule has 3 rings (SSSR count). The lowest BCUT2D eigenvalue weighted by atomic mass is 9.97. The van der Waals surface area contributed by atoms with E-state index in [4.69, 9.17) is 17.3 Å². The van der Waals surface area contributed by atoms with Crippen LogP contribution in [0.5, 0.6) is 0 Å². The average Bonchev–Trinajstić information content (AvgIpc) is 3.03. The first kappa shape index (κ1) is 22.8. The first-order valence-corrected chi connectivity index (χ1v) is 11.0. The third-order valence-electron chi connectivity index (χ3n) is 5.40. The summed E-state index contributed by atoms with van der Waals surface area (Å²) in [6, 6.07) is 3.63. The van der Waals surface area contributed by atoms with Gasteiger partial charge in [0.05, 0.1) is 23.5 Å². The molecule has 1 aliphatic heterocycles. The van der Waals surface area contributed by atoms with Crippen LogP contribution in [0.25, 0.3) is 6.08 Å². The summed E-state index contributed by atoms with van der Waals surface area (Å²) in [7, 11) is 0. The number of unbranched alkanes of at least 4 members (excludes halogenated alkanes) is 1. The van der Waals surface area contributed by atoms with Crippen LogP contribution in [0.15, 0.2) is 24.4 Å². The largest absolute Gasteiger partial charge is 0.369 e. The third-order valence-corrected chi connectivity index (χ3v) is 5.80. The van der Waals surface area contributed by atoms with Gasteiger partial charge in [-0.3, -0.25) is 14.3 Å². The highest BCUT2D eigenvalue weighted by Gasteiger charge is 2.24. The van der Waals surface area contributed by atoms with Gasteiger partial charge in [0, 0.05) is 31.3 Å². The van der Waals surface area contributed by atoms with E-state index in [2.05, 4.69) is 22.3 Å². The monoisotopic (exact) mass is 444 g/mol. The van der Waals surface area contributed by atoms with Gasteiger partial charge in [0.1, 0.15) is 11.0 Å². The van der Waals surface area contributed by atoms with E-state index >= 15 is 0 Å². The van der Waals surface area contributed by atoms with Crippen LogP contribution in [0, 0.1) is 12.8 Å². The molecule has 1 fully saturated rings. The topological polar surface area (TPSA) is 106 Å². The van der Waals surface area contributed by atoms with Crippen LogP contribution in [0.1, 0.15) is 43.9 Å². The van der Waals surface area contributed by atoms with Crippen LogP contribution in [0.4, 0.5) is 11.5 Å². The highest BCUT2D eigenvalue weighted by Crippen LogP contribution is 2.23. The van der Waals surface area contributed by atoms with Crippen molar-refractivity contribution < 1.29 is 9.59 Å². The molecule has 2 amide bonds. The van der Waals surface area contributed by atoms with E-state index in [0.29, 0.717) is 17.4 Å². The summed E-state index contributed by atoms with van der Waals surface area (Å²) in [5, 5.41) is 7.77. The molecule has 0 saturated carbocycles. The van der Waals surface area contributed by atoms with E-state index in [1.807, 2.05) is 17.9 Å². The molecular formula is C22H29ClN6O2. The summed E-state index contributed by atoms with van der Waals surface area (Å²) in [5.74, 6) is 0.0628. The van der Waals surface area contributed by atoms with Crippen LogP contribution in [-0.2, 0) is 16.1 Å².